The molecule has 9 heavy (non-hydrogen) atoms. The third-order valence-electron chi connectivity index (χ3n) is 1.00. The molecule has 3 nitrogen and oxygen atoms in total. The van der Waals surface area contributed by atoms with Gasteiger partial charge in [-0.1, -0.05) is 15.9 Å². The number of nitrogens with zero attached hydrogens (tertiary/aromatic N) is 1. The number of cyclic esters (lactones) is 1. The first kappa shape index (κ1) is 7.15. The van der Waals surface area contributed by atoms with E-state index in [9.17, 15) is 4.79 Å². The van der Waals surface area contributed by atoms with E-state index < -0.39 is 6.09 Å². The van der Waals surface area contributed by atoms with Crippen molar-refractivity contribution in [2.75, 3.05) is 11.9 Å². The summed E-state index contributed by atoms with van der Waals surface area (Å²) < 4.78 is 5.76. The molecule has 0 aliphatic carbocycles. The molecule has 5 heteroatoms. The molecule has 0 N–H and O–H groups in total. The molecule has 0 aromatic rings. The first-order chi connectivity index (χ1) is 4.24. The van der Waals surface area contributed by atoms with Gasteiger partial charge >= 0.3 is 6.09 Å². The lowest BCUT2D eigenvalue weighted by Gasteiger charge is -1.98. The van der Waals surface area contributed by atoms with Crippen molar-refractivity contribution < 1.29 is 9.53 Å². The zero-order valence-electron chi connectivity index (χ0n) is 4.51. The van der Waals surface area contributed by atoms with Crippen LogP contribution in [0, 0.1) is 0 Å². The molecular weight excluding hydrogens is 209 g/mol. The van der Waals surface area contributed by atoms with Gasteiger partial charge < -0.3 is 4.74 Å². The lowest BCUT2D eigenvalue weighted by atomic mass is 10.4. The zero-order valence-corrected chi connectivity index (χ0v) is 6.85. The molecule has 1 aliphatic heterocycles. The Morgan fingerprint density at radius 1 is 2.00 bits per heavy atom. The van der Waals surface area contributed by atoms with E-state index in [4.69, 9.17) is 16.5 Å². The van der Waals surface area contributed by atoms with Crippen LogP contribution in [0.25, 0.3) is 0 Å². The summed E-state index contributed by atoms with van der Waals surface area (Å²) in [6.45, 7) is 0.464. The Bertz CT molecular complexity index is 132. The predicted molar refractivity (Wildman–Crippen MR) is 36.6 cm³/mol. The van der Waals surface area contributed by atoms with Crippen molar-refractivity contribution >= 4 is 33.8 Å². The van der Waals surface area contributed by atoms with E-state index in [1.54, 1.807) is 0 Å². The molecule has 1 rings (SSSR count). The van der Waals surface area contributed by atoms with Crippen LogP contribution in [0.1, 0.15) is 0 Å². The topological polar surface area (TPSA) is 29.5 Å². The van der Waals surface area contributed by atoms with Gasteiger partial charge in [-0.05, 0) is 0 Å². The maximum absolute atomic E-state index is 10.5. The van der Waals surface area contributed by atoms with E-state index in [-0.39, 0.29) is 6.10 Å². The maximum atomic E-state index is 10.5. The number of carbonyl (C=O) groups excluding carboxylic acids is 1. The van der Waals surface area contributed by atoms with Gasteiger partial charge in [-0.25, -0.2) is 9.21 Å². The number of hydrogen-bond donors (Lipinski definition) is 0. The Morgan fingerprint density at radius 3 is 2.89 bits per heavy atom. The largest absolute Gasteiger partial charge is 0.442 e. The fourth-order valence-corrected chi connectivity index (χ4v) is 1.10. The number of carbonyl (C=O) groups is 1. The van der Waals surface area contributed by atoms with Gasteiger partial charge in [-0.2, -0.15) is 0 Å². The van der Waals surface area contributed by atoms with Crippen LogP contribution < -0.4 is 0 Å². The van der Waals surface area contributed by atoms with E-state index in [2.05, 4.69) is 15.9 Å². The fraction of sp³-hybridized carbons (Fsp3) is 0.750. The molecule has 0 spiro atoms. The third kappa shape index (κ3) is 1.49. The lowest BCUT2D eigenvalue weighted by Crippen LogP contribution is -2.14. The molecule has 0 saturated carbocycles. The van der Waals surface area contributed by atoms with Crippen LogP contribution in [0.5, 0.6) is 0 Å². The standard InChI is InChI=1S/C4H5BrClNO2/c5-1-3-2-7(6)4(8)9-3/h3H,1-2H2. The van der Waals surface area contributed by atoms with Crippen molar-refractivity contribution in [3.63, 3.8) is 0 Å². The molecule has 1 fully saturated rings. The Hall–Kier alpha value is 0.0400. The molecule has 1 amide bonds. The molecule has 1 aliphatic rings. The van der Waals surface area contributed by atoms with Crippen molar-refractivity contribution in [3.05, 3.63) is 0 Å². The SMILES string of the molecule is O=C1OC(CBr)CN1Cl. The third-order valence-corrected chi connectivity index (χ3v) is 2.00. The molecule has 0 aromatic carbocycles. The molecule has 0 radical (unpaired) electrons. The first-order valence-corrected chi connectivity index (χ1v) is 3.90. The van der Waals surface area contributed by atoms with Crippen molar-refractivity contribution in [3.8, 4) is 0 Å². The summed E-state index contributed by atoms with van der Waals surface area (Å²) in [5.41, 5.74) is 0. The van der Waals surface area contributed by atoms with Gasteiger partial charge in [-0.15, -0.1) is 0 Å². The van der Waals surface area contributed by atoms with Crippen LogP contribution in [-0.2, 0) is 4.74 Å². The highest BCUT2D eigenvalue weighted by Crippen LogP contribution is 2.14. The molecule has 1 heterocycles. The minimum Gasteiger partial charge on any atom is -0.442 e. The van der Waals surface area contributed by atoms with Gasteiger partial charge in [0.25, 0.3) is 0 Å². The summed E-state index contributed by atoms with van der Waals surface area (Å²) in [5.74, 6) is 0. The van der Waals surface area contributed by atoms with Crippen LogP contribution in [0.3, 0.4) is 0 Å². The predicted octanol–water partition coefficient (Wildman–Crippen LogP) is 1.36. The summed E-state index contributed by atoms with van der Waals surface area (Å²) >= 11 is 8.54. The normalized spacial score (nSPS) is 26.7. The van der Waals surface area contributed by atoms with Crippen molar-refractivity contribution in [1.29, 1.82) is 0 Å². The van der Waals surface area contributed by atoms with Crippen molar-refractivity contribution in [2.45, 2.75) is 6.10 Å². The van der Waals surface area contributed by atoms with Gasteiger partial charge in [0, 0.05) is 17.1 Å². The van der Waals surface area contributed by atoms with Gasteiger partial charge in [-0.3, -0.25) is 0 Å². The minimum absolute atomic E-state index is 0.0880. The smallest absolute Gasteiger partial charge is 0.424 e. The second-order valence-corrected chi connectivity index (χ2v) is 2.76. The molecule has 1 atom stereocenters. The van der Waals surface area contributed by atoms with Gasteiger partial charge in [0.05, 0.1) is 6.54 Å². The van der Waals surface area contributed by atoms with E-state index in [1.807, 2.05) is 0 Å². The summed E-state index contributed by atoms with van der Waals surface area (Å²) in [6, 6.07) is 0. The van der Waals surface area contributed by atoms with Crippen molar-refractivity contribution in [1.82, 2.24) is 4.42 Å². The first-order valence-electron chi connectivity index (χ1n) is 2.44. The van der Waals surface area contributed by atoms with Crippen LogP contribution in [-0.4, -0.2) is 28.5 Å². The summed E-state index contributed by atoms with van der Waals surface area (Å²) in [4.78, 5) is 10.5. The van der Waals surface area contributed by atoms with Gasteiger partial charge in [0.1, 0.15) is 6.10 Å². The Labute approximate surface area is 66.1 Å². The number of halogens is 2. The van der Waals surface area contributed by atoms with E-state index in [1.165, 1.54) is 0 Å². The van der Waals surface area contributed by atoms with E-state index in [0.29, 0.717) is 11.9 Å². The van der Waals surface area contributed by atoms with Crippen molar-refractivity contribution in [2.24, 2.45) is 0 Å². The number of ether oxygens (including phenoxy) is 1. The maximum Gasteiger partial charge on any atom is 0.424 e. The summed E-state index contributed by atoms with van der Waals surface area (Å²) in [5, 5.41) is 0.641. The molecule has 1 unspecified atom stereocenters. The van der Waals surface area contributed by atoms with Gasteiger partial charge in [0.15, 0.2) is 0 Å². The van der Waals surface area contributed by atoms with Crippen LogP contribution in [0.4, 0.5) is 4.79 Å². The number of amides is 1. The van der Waals surface area contributed by atoms with E-state index >= 15 is 0 Å². The van der Waals surface area contributed by atoms with E-state index in [0.717, 1.165) is 4.42 Å². The fourth-order valence-electron chi connectivity index (χ4n) is 0.571. The number of hydrogen-bond acceptors (Lipinski definition) is 2. The Morgan fingerprint density at radius 2 is 2.67 bits per heavy atom. The number of rotatable bonds is 1. The molecule has 52 valence electrons. The minimum atomic E-state index is -0.457. The van der Waals surface area contributed by atoms with Crippen LogP contribution in [0.2, 0.25) is 0 Å². The quantitative estimate of drug-likeness (QED) is 0.487. The molecular formula is C4H5BrClNO2. The monoisotopic (exact) mass is 213 g/mol. The average molecular weight is 214 g/mol. The molecule has 0 aromatic heterocycles. The highest BCUT2D eigenvalue weighted by Gasteiger charge is 2.28. The summed E-state index contributed by atoms with van der Waals surface area (Å²) in [6.07, 6.45) is -0.545. The zero-order chi connectivity index (χ0) is 6.85. The molecule has 1 saturated heterocycles. The average Bonchev–Trinajstić information content (AvgIpc) is 2.13. The second kappa shape index (κ2) is 2.75. The highest BCUT2D eigenvalue weighted by atomic mass is 79.9. The Kier molecular flexibility index (Phi) is 2.18. The summed E-state index contributed by atoms with van der Waals surface area (Å²) in [7, 11) is 0. The number of alkyl halides is 1. The van der Waals surface area contributed by atoms with Gasteiger partial charge in [0.2, 0.25) is 0 Å². The molecule has 0 bridgehead atoms. The highest BCUT2D eigenvalue weighted by molar-refractivity contribution is 9.09. The van der Waals surface area contributed by atoms with Crippen LogP contribution in [0.15, 0.2) is 0 Å². The lowest BCUT2D eigenvalue weighted by molar-refractivity contribution is 0.146. The second-order valence-electron chi connectivity index (χ2n) is 1.70. The van der Waals surface area contributed by atoms with Crippen LogP contribution >= 0.6 is 27.7 Å². The Balaban J connectivity index is 2.44.